The number of fused-ring (bicyclic) bond motifs is 1. The minimum Gasteiger partial charge on any atom is -0.478 e. The fourth-order valence-corrected chi connectivity index (χ4v) is 4.73. The summed E-state index contributed by atoms with van der Waals surface area (Å²) in [5.74, 6) is 0.415. The molecule has 2 heterocycles. The molecule has 0 bridgehead atoms. The van der Waals surface area contributed by atoms with E-state index in [1.807, 2.05) is 12.3 Å². The zero-order chi connectivity index (χ0) is 19.1. The molecule has 0 aliphatic heterocycles. The van der Waals surface area contributed by atoms with E-state index in [-0.39, 0.29) is 0 Å². The van der Waals surface area contributed by atoms with Crippen LogP contribution in [0.25, 0.3) is 10.9 Å². The summed E-state index contributed by atoms with van der Waals surface area (Å²) in [4.78, 5) is 16.4. The van der Waals surface area contributed by atoms with Gasteiger partial charge in [-0.2, -0.15) is 0 Å². The van der Waals surface area contributed by atoms with E-state index in [9.17, 15) is 9.90 Å². The SMILES string of the molecule is O=C(O)c1cc(C2CC2)cnc1Cc1cccc2c1ccn2CC1CCCC1. The van der Waals surface area contributed by atoms with Crippen molar-refractivity contribution in [2.75, 3.05) is 0 Å². The number of pyridine rings is 1. The number of nitrogens with zero attached hydrogens (tertiary/aromatic N) is 2. The number of carboxylic acids is 1. The van der Waals surface area contributed by atoms with Gasteiger partial charge in [0.05, 0.1) is 11.3 Å². The highest BCUT2D eigenvalue weighted by Crippen LogP contribution is 2.40. The molecule has 2 saturated carbocycles. The van der Waals surface area contributed by atoms with Crippen LogP contribution in [-0.4, -0.2) is 20.6 Å². The van der Waals surface area contributed by atoms with Gasteiger partial charge in [-0.25, -0.2) is 4.79 Å². The van der Waals surface area contributed by atoms with Crippen LogP contribution in [0, 0.1) is 5.92 Å². The Morgan fingerprint density at radius 3 is 2.71 bits per heavy atom. The van der Waals surface area contributed by atoms with E-state index in [1.165, 1.54) is 36.6 Å². The van der Waals surface area contributed by atoms with E-state index >= 15 is 0 Å². The second-order valence-corrected chi connectivity index (χ2v) is 8.49. The molecule has 0 spiro atoms. The maximum absolute atomic E-state index is 11.8. The summed E-state index contributed by atoms with van der Waals surface area (Å²) in [6.07, 6.45) is 12.3. The topological polar surface area (TPSA) is 55.1 Å². The van der Waals surface area contributed by atoms with Crippen LogP contribution in [0.3, 0.4) is 0 Å². The number of carbonyl (C=O) groups is 1. The molecule has 0 atom stereocenters. The number of aromatic carboxylic acids is 1. The van der Waals surface area contributed by atoms with Gasteiger partial charge in [-0.1, -0.05) is 25.0 Å². The highest BCUT2D eigenvalue weighted by Gasteiger charge is 2.26. The average molecular weight is 374 g/mol. The maximum atomic E-state index is 11.8. The third-order valence-corrected chi connectivity index (χ3v) is 6.46. The van der Waals surface area contributed by atoms with Gasteiger partial charge < -0.3 is 9.67 Å². The Morgan fingerprint density at radius 1 is 1.14 bits per heavy atom. The van der Waals surface area contributed by atoms with E-state index in [1.54, 1.807) is 0 Å². The first-order chi connectivity index (χ1) is 13.7. The lowest BCUT2D eigenvalue weighted by molar-refractivity contribution is 0.0695. The average Bonchev–Trinajstić information content (AvgIpc) is 3.27. The summed E-state index contributed by atoms with van der Waals surface area (Å²) >= 11 is 0. The molecular formula is C24H26N2O2. The molecule has 3 aromatic rings. The molecule has 5 rings (SSSR count). The van der Waals surface area contributed by atoms with Crippen molar-refractivity contribution in [3.8, 4) is 0 Å². The first-order valence-corrected chi connectivity index (χ1v) is 10.5. The second kappa shape index (κ2) is 7.08. The van der Waals surface area contributed by atoms with Crippen molar-refractivity contribution in [1.29, 1.82) is 0 Å². The number of aromatic nitrogens is 2. The smallest absolute Gasteiger partial charge is 0.337 e. The molecule has 0 amide bonds. The molecule has 144 valence electrons. The Labute approximate surface area is 165 Å². The summed E-state index contributed by atoms with van der Waals surface area (Å²) in [6, 6.07) is 10.4. The summed E-state index contributed by atoms with van der Waals surface area (Å²) < 4.78 is 2.37. The molecule has 4 heteroatoms. The quantitative estimate of drug-likeness (QED) is 0.629. The molecule has 4 nitrogen and oxygen atoms in total. The van der Waals surface area contributed by atoms with Crippen LogP contribution in [-0.2, 0) is 13.0 Å². The second-order valence-electron chi connectivity index (χ2n) is 8.49. The van der Waals surface area contributed by atoms with E-state index in [4.69, 9.17) is 0 Å². The van der Waals surface area contributed by atoms with Crippen molar-refractivity contribution in [2.24, 2.45) is 5.92 Å². The minimum atomic E-state index is -0.879. The number of benzene rings is 1. The third kappa shape index (κ3) is 3.32. The van der Waals surface area contributed by atoms with Crippen molar-refractivity contribution in [2.45, 2.75) is 57.4 Å². The monoisotopic (exact) mass is 374 g/mol. The van der Waals surface area contributed by atoms with Crippen molar-refractivity contribution in [3.05, 3.63) is 65.1 Å². The standard InChI is InChI=1S/C24H26N2O2/c27-24(28)21-12-19(17-8-9-17)14-25-22(21)13-18-6-3-7-23-20(18)10-11-26(23)15-16-4-1-2-5-16/h3,6-7,10-12,14,16-17H,1-2,4-5,8-9,13,15H2,(H,27,28). The Kier molecular flexibility index (Phi) is 4.42. The van der Waals surface area contributed by atoms with Crippen LogP contribution >= 0.6 is 0 Å². The van der Waals surface area contributed by atoms with Gasteiger partial charge in [-0.15, -0.1) is 0 Å². The molecule has 0 unspecified atom stereocenters. The molecular weight excluding hydrogens is 348 g/mol. The van der Waals surface area contributed by atoms with Crippen LogP contribution in [0.5, 0.6) is 0 Å². The van der Waals surface area contributed by atoms with Crippen molar-refractivity contribution in [1.82, 2.24) is 9.55 Å². The largest absolute Gasteiger partial charge is 0.478 e. The van der Waals surface area contributed by atoms with Crippen molar-refractivity contribution in [3.63, 3.8) is 0 Å². The highest BCUT2D eigenvalue weighted by atomic mass is 16.4. The number of rotatable bonds is 6. The van der Waals surface area contributed by atoms with E-state index < -0.39 is 5.97 Å². The number of hydrogen-bond donors (Lipinski definition) is 1. The van der Waals surface area contributed by atoms with Gasteiger partial charge in [0.2, 0.25) is 0 Å². The van der Waals surface area contributed by atoms with Gasteiger partial charge >= 0.3 is 5.97 Å². The van der Waals surface area contributed by atoms with E-state index in [0.717, 1.165) is 36.4 Å². The molecule has 2 aromatic heterocycles. The van der Waals surface area contributed by atoms with Crippen LogP contribution in [0.2, 0.25) is 0 Å². The summed E-state index contributed by atoms with van der Waals surface area (Å²) in [6.45, 7) is 1.08. The zero-order valence-corrected chi connectivity index (χ0v) is 16.1. The molecule has 28 heavy (non-hydrogen) atoms. The lowest BCUT2D eigenvalue weighted by Gasteiger charge is -2.12. The molecule has 2 fully saturated rings. The Bertz CT molecular complexity index is 1030. The molecule has 2 aliphatic carbocycles. The molecule has 0 radical (unpaired) electrons. The molecule has 0 saturated heterocycles. The summed E-state index contributed by atoms with van der Waals surface area (Å²) in [5, 5.41) is 10.9. The van der Waals surface area contributed by atoms with Gasteiger partial charge in [0.1, 0.15) is 0 Å². The fourth-order valence-electron chi connectivity index (χ4n) is 4.73. The van der Waals surface area contributed by atoms with Crippen molar-refractivity contribution < 1.29 is 9.90 Å². The van der Waals surface area contributed by atoms with Gasteiger partial charge in [-0.3, -0.25) is 4.98 Å². The Morgan fingerprint density at radius 2 is 1.96 bits per heavy atom. The molecule has 1 aromatic carbocycles. The number of hydrogen-bond acceptors (Lipinski definition) is 2. The fraction of sp³-hybridized carbons (Fsp3) is 0.417. The van der Waals surface area contributed by atoms with Crippen LogP contribution < -0.4 is 0 Å². The first kappa shape index (κ1) is 17.5. The Hall–Kier alpha value is -2.62. The first-order valence-electron chi connectivity index (χ1n) is 10.5. The highest BCUT2D eigenvalue weighted by molar-refractivity contribution is 5.90. The van der Waals surface area contributed by atoms with Gasteiger partial charge in [0, 0.05) is 36.3 Å². The lowest BCUT2D eigenvalue weighted by atomic mass is 10.00. The van der Waals surface area contributed by atoms with Gasteiger partial charge in [0.25, 0.3) is 0 Å². The van der Waals surface area contributed by atoms with Crippen molar-refractivity contribution >= 4 is 16.9 Å². The molecule has 1 N–H and O–H groups in total. The predicted molar refractivity (Wildman–Crippen MR) is 110 cm³/mol. The predicted octanol–water partition coefficient (Wildman–Crippen LogP) is 5.39. The van der Waals surface area contributed by atoms with Crippen LogP contribution in [0.15, 0.2) is 42.7 Å². The van der Waals surface area contributed by atoms with Gasteiger partial charge in [0.15, 0.2) is 0 Å². The van der Waals surface area contributed by atoms with Crippen LogP contribution in [0.1, 0.15) is 71.6 Å². The minimum absolute atomic E-state index is 0.354. The zero-order valence-electron chi connectivity index (χ0n) is 16.1. The van der Waals surface area contributed by atoms with Gasteiger partial charge in [-0.05, 0) is 66.8 Å². The van der Waals surface area contributed by atoms with E-state index in [2.05, 4.69) is 40.0 Å². The van der Waals surface area contributed by atoms with Crippen LogP contribution in [0.4, 0.5) is 0 Å². The number of carboxylic acid groups (broad SMARTS) is 1. The summed E-state index contributed by atoms with van der Waals surface area (Å²) in [7, 11) is 0. The lowest BCUT2D eigenvalue weighted by Crippen LogP contribution is -2.07. The third-order valence-electron chi connectivity index (χ3n) is 6.46. The normalized spacial score (nSPS) is 17.4. The van der Waals surface area contributed by atoms with E-state index in [0.29, 0.717) is 23.6 Å². The molecule has 2 aliphatic rings. The Balaban J connectivity index is 1.46. The maximum Gasteiger partial charge on any atom is 0.337 e. The summed E-state index contributed by atoms with van der Waals surface area (Å²) in [5.41, 5.74) is 4.48.